The summed E-state index contributed by atoms with van der Waals surface area (Å²) in [7, 11) is 0. The molecular weight excluding hydrogens is 369 g/mol. The van der Waals surface area contributed by atoms with Gasteiger partial charge >= 0.3 is 0 Å². The molecule has 0 aliphatic heterocycles. The molecule has 0 spiro atoms. The number of hydrogen-bond acceptors (Lipinski definition) is 3. The maximum absolute atomic E-state index is 14.3. The molecule has 27 heavy (non-hydrogen) atoms. The minimum Gasteiger partial charge on any atom is -0.308 e. The molecule has 0 unspecified atom stereocenters. The quantitative estimate of drug-likeness (QED) is 0.578. The van der Waals surface area contributed by atoms with Gasteiger partial charge in [0.25, 0.3) is 5.91 Å². The Hall–Kier alpha value is -3.45. The molecule has 1 amide bonds. The summed E-state index contributed by atoms with van der Waals surface area (Å²) in [5.41, 5.74) is 0.510. The summed E-state index contributed by atoms with van der Waals surface area (Å²) < 4.78 is 17.4. The number of nitrogens with zero attached hydrogens (tertiary/aromatic N) is 4. The molecule has 0 saturated heterocycles. The van der Waals surface area contributed by atoms with Crippen LogP contribution in [0.25, 0.3) is 11.5 Å². The fourth-order valence-electron chi connectivity index (χ4n) is 2.66. The summed E-state index contributed by atoms with van der Waals surface area (Å²) >= 11 is 5.82. The highest BCUT2D eigenvalue weighted by Crippen LogP contribution is 2.22. The van der Waals surface area contributed by atoms with Crippen LogP contribution < -0.4 is 5.32 Å². The Kier molecular flexibility index (Phi) is 4.43. The van der Waals surface area contributed by atoms with E-state index in [1.54, 1.807) is 59.4 Å². The Morgan fingerprint density at radius 3 is 2.52 bits per heavy atom. The van der Waals surface area contributed by atoms with Gasteiger partial charge in [-0.15, -0.1) is 0 Å². The zero-order valence-electron chi connectivity index (χ0n) is 13.9. The Bertz CT molecular complexity index is 1090. The van der Waals surface area contributed by atoms with Crippen molar-refractivity contribution < 1.29 is 9.18 Å². The molecule has 0 atom stereocenters. The van der Waals surface area contributed by atoms with Gasteiger partial charge in [0.1, 0.15) is 22.9 Å². The van der Waals surface area contributed by atoms with Crippen LogP contribution in [-0.2, 0) is 0 Å². The largest absolute Gasteiger partial charge is 0.308 e. The predicted molar refractivity (Wildman–Crippen MR) is 100 cm³/mol. The van der Waals surface area contributed by atoms with Crippen LogP contribution in [0.4, 0.5) is 10.2 Å². The normalized spacial score (nSPS) is 10.7. The number of halogens is 2. The first-order valence-electron chi connectivity index (χ1n) is 8.02. The number of carbonyl (C=O) groups excluding carboxylic acids is 1. The van der Waals surface area contributed by atoms with Crippen molar-refractivity contribution in [2.75, 3.05) is 5.32 Å². The molecule has 0 saturated carbocycles. The van der Waals surface area contributed by atoms with Crippen molar-refractivity contribution in [1.29, 1.82) is 0 Å². The maximum Gasteiger partial charge on any atom is 0.262 e. The first kappa shape index (κ1) is 17.0. The first-order valence-corrected chi connectivity index (χ1v) is 8.40. The van der Waals surface area contributed by atoms with Gasteiger partial charge in [-0.3, -0.25) is 4.79 Å². The molecule has 4 aromatic rings. The van der Waals surface area contributed by atoms with Crippen molar-refractivity contribution in [3.05, 3.63) is 89.7 Å². The Labute approximate surface area is 158 Å². The van der Waals surface area contributed by atoms with E-state index in [1.165, 1.54) is 23.1 Å². The van der Waals surface area contributed by atoms with Crippen molar-refractivity contribution in [3.63, 3.8) is 0 Å². The maximum atomic E-state index is 14.3. The number of nitrogens with one attached hydrogen (secondary N) is 1. The van der Waals surface area contributed by atoms with Gasteiger partial charge in [-0.2, -0.15) is 5.10 Å². The molecule has 134 valence electrons. The summed E-state index contributed by atoms with van der Waals surface area (Å²) in [4.78, 5) is 16.9. The van der Waals surface area contributed by atoms with Crippen LogP contribution in [0.5, 0.6) is 0 Å². The second-order valence-electron chi connectivity index (χ2n) is 5.65. The van der Waals surface area contributed by atoms with E-state index in [1.807, 2.05) is 0 Å². The van der Waals surface area contributed by atoms with E-state index in [0.29, 0.717) is 16.7 Å². The Morgan fingerprint density at radius 2 is 1.81 bits per heavy atom. The number of hydrogen-bond donors (Lipinski definition) is 1. The second kappa shape index (κ2) is 7.05. The lowest BCUT2D eigenvalue weighted by molar-refractivity contribution is 0.102. The van der Waals surface area contributed by atoms with E-state index in [0.717, 1.165) is 0 Å². The minimum atomic E-state index is -0.444. The number of pyridine rings is 1. The van der Waals surface area contributed by atoms with Crippen LogP contribution in [-0.4, -0.2) is 25.2 Å². The molecular formula is C19H13ClFN5O. The highest BCUT2D eigenvalue weighted by atomic mass is 35.5. The molecule has 4 rings (SSSR count). The Morgan fingerprint density at radius 1 is 1.04 bits per heavy atom. The first-order chi connectivity index (χ1) is 13.1. The number of para-hydroxylation sites is 1. The number of benzene rings is 1. The minimum absolute atomic E-state index is 0.241. The lowest BCUT2D eigenvalue weighted by Gasteiger charge is -2.11. The lowest BCUT2D eigenvalue weighted by Crippen LogP contribution is -2.16. The van der Waals surface area contributed by atoms with Crippen LogP contribution in [0.15, 0.2) is 73.3 Å². The summed E-state index contributed by atoms with van der Waals surface area (Å²) in [6.45, 7) is 0. The average molecular weight is 382 g/mol. The molecule has 8 heteroatoms. The molecule has 0 aliphatic carbocycles. The zero-order chi connectivity index (χ0) is 18.8. The van der Waals surface area contributed by atoms with Gasteiger partial charge in [-0.1, -0.05) is 23.7 Å². The highest BCUT2D eigenvalue weighted by Gasteiger charge is 2.21. The molecule has 0 bridgehead atoms. The van der Waals surface area contributed by atoms with E-state index in [-0.39, 0.29) is 11.3 Å². The summed E-state index contributed by atoms with van der Waals surface area (Å²) in [6.07, 6.45) is 6.34. The molecule has 0 fully saturated rings. The SMILES string of the molecule is O=C(Nc1ccc(Cl)cn1)c1cnn(-c2ccccc2F)c1-n1cccc1. The fraction of sp³-hybridized carbons (Fsp3) is 0. The molecule has 6 nitrogen and oxygen atoms in total. The van der Waals surface area contributed by atoms with Crippen molar-refractivity contribution in [2.45, 2.75) is 0 Å². The fourth-order valence-corrected chi connectivity index (χ4v) is 2.77. The van der Waals surface area contributed by atoms with Gasteiger partial charge in [0.2, 0.25) is 0 Å². The van der Waals surface area contributed by atoms with Gasteiger partial charge in [0.15, 0.2) is 5.82 Å². The predicted octanol–water partition coefficient (Wildman–Crippen LogP) is 4.10. The zero-order valence-corrected chi connectivity index (χ0v) is 14.6. The van der Waals surface area contributed by atoms with Crippen molar-refractivity contribution in [1.82, 2.24) is 19.3 Å². The number of amides is 1. The third-order valence-electron chi connectivity index (χ3n) is 3.89. The van der Waals surface area contributed by atoms with Crippen LogP contribution >= 0.6 is 11.6 Å². The van der Waals surface area contributed by atoms with E-state index >= 15 is 0 Å². The van der Waals surface area contributed by atoms with Crippen molar-refractivity contribution in [2.24, 2.45) is 0 Å². The Balaban J connectivity index is 1.78. The third kappa shape index (κ3) is 3.32. The molecule has 0 radical (unpaired) electrons. The third-order valence-corrected chi connectivity index (χ3v) is 4.11. The topological polar surface area (TPSA) is 64.7 Å². The van der Waals surface area contributed by atoms with E-state index in [9.17, 15) is 9.18 Å². The average Bonchev–Trinajstić information content (AvgIpc) is 3.33. The number of anilines is 1. The van der Waals surface area contributed by atoms with Gasteiger partial charge < -0.3 is 9.88 Å². The monoisotopic (exact) mass is 381 g/mol. The molecule has 1 N–H and O–H groups in total. The summed E-state index contributed by atoms with van der Waals surface area (Å²) in [5.74, 6) is -0.102. The van der Waals surface area contributed by atoms with Gasteiger partial charge in [0.05, 0.1) is 11.2 Å². The van der Waals surface area contributed by atoms with Crippen molar-refractivity contribution >= 4 is 23.3 Å². The smallest absolute Gasteiger partial charge is 0.262 e. The van der Waals surface area contributed by atoms with Gasteiger partial charge in [-0.05, 0) is 36.4 Å². The lowest BCUT2D eigenvalue weighted by atomic mass is 10.2. The van der Waals surface area contributed by atoms with E-state index in [4.69, 9.17) is 11.6 Å². The number of carbonyl (C=O) groups is 1. The highest BCUT2D eigenvalue weighted by molar-refractivity contribution is 6.30. The standard InChI is InChI=1S/C19H13ClFN5O/c20-13-7-8-17(22-11-13)24-18(27)14-12-23-26(16-6-2-1-5-15(16)21)19(14)25-9-3-4-10-25/h1-12H,(H,22,24,27). The van der Waals surface area contributed by atoms with Crippen LogP contribution in [0.1, 0.15) is 10.4 Å². The molecule has 0 aliphatic rings. The van der Waals surface area contributed by atoms with E-state index < -0.39 is 11.7 Å². The molecule has 3 aromatic heterocycles. The van der Waals surface area contributed by atoms with Gasteiger partial charge in [-0.25, -0.2) is 14.1 Å². The second-order valence-corrected chi connectivity index (χ2v) is 6.09. The van der Waals surface area contributed by atoms with Crippen LogP contribution in [0.3, 0.4) is 0 Å². The van der Waals surface area contributed by atoms with Crippen LogP contribution in [0.2, 0.25) is 5.02 Å². The van der Waals surface area contributed by atoms with Gasteiger partial charge in [0, 0.05) is 18.6 Å². The van der Waals surface area contributed by atoms with E-state index in [2.05, 4.69) is 15.4 Å². The van der Waals surface area contributed by atoms with Crippen LogP contribution in [0, 0.1) is 5.82 Å². The summed E-state index contributed by atoms with van der Waals surface area (Å²) in [6, 6.07) is 13.1. The number of aromatic nitrogens is 4. The molecule has 3 heterocycles. The molecule has 1 aromatic carbocycles. The summed E-state index contributed by atoms with van der Waals surface area (Å²) in [5, 5.41) is 7.40. The van der Waals surface area contributed by atoms with Crippen molar-refractivity contribution in [3.8, 4) is 11.5 Å². The number of rotatable bonds is 4.